The minimum absolute atomic E-state index is 0.305. The average Bonchev–Trinajstić information content (AvgIpc) is 2.30. The third-order valence-corrected chi connectivity index (χ3v) is 3.21. The summed E-state index contributed by atoms with van der Waals surface area (Å²) in [7, 11) is 0. The van der Waals surface area contributed by atoms with Gasteiger partial charge in [-0.25, -0.2) is 9.79 Å². The fourth-order valence-electron chi connectivity index (χ4n) is 2.21. The molecular weight excluding hydrogens is 222 g/mol. The second-order valence-corrected chi connectivity index (χ2v) is 5.62. The van der Waals surface area contributed by atoms with Crippen molar-refractivity contribution < 1.29 is 4.79 Å². The number of benzene rings is 1. The first-order valence-corrected chi connectivity index (χ1v) is 6.67. The molecule has 1 unspecified atom stereocenters. The molecule has 0 N–H and O–H groups in total. The quantitative estimate of drug-likeness (QED) is 0.551. The Morgan fingerprint density at radius 2 is 1.72 bits per heavy atom. The molecule has 0 fully saturated rings. The molecule has 1 aromatic rings. The monoisotopic (exact) mass is 245 g/mol. The largest absolute Gasteiger partial charge is 0.234 e. The summed E-state index contributed by atoms with van der Waals surface area (Å²) in [6.07, 6.45) is 2.75. The maximum Gasteiger partial charge on any atom is 0.234 e. The van der Waals surface area contributed by atoms with E-state index in [-0.39, 0.29) is 0 Å². The number of isocyanates is 1. The molecule has 0 bridgehead atoms. The summed E-state index contributed by atoms with van der Waals surface area (Å²) in [5.41, 5.74) is 2.63. The third kappa shape index (κ3) is 4.46. The van der Waals surface area contributed by atoms with Gasteiger partial charge in [0.05, 0.1) is 6.54 Å². The zero-order valence-corrected chi connectivity index (χ0v) is 11.8. The van der Waals surface area contributed by atoms with Gasteiger partial charge in [0.2, 0.25) is 6.08 Å². The molecule has 0 spiro atoms. The molecule has 0 aromatic heterocycles. The maximum atomic E-state index is 10.2. The van der Waals surface area contributed by atoms with Crippen LogP contribution < -0.4 is 0 Å². The molecule has 1 atom stereocenters. The van der Waals surface area contributed by atoms with Crippen LogP contribution >= 0.6 is 0 Å². The van der Waals surface area contributed by atoms with Crippen molar-refractivity contribution in [1.29, 1.82) is 0 Å². The SMILES string of the molecule is CC(C)Cc1ccc(C(CN=C=O)C(C)C)cc1. The van der Waals surface area contributed by atoms with Crippen LogP contribution in [0.3, 0.4) is 0 Å². The van der Waals surface area contributed by atoms with Crippen molar-refractivity contribution in [2.24, 2.45) is 16.8 Å². The maximum absolute atomic E-state index is 10.2. The fourth-order valence-corrected chi connectivity index (χ4v) is 2.21. The number of nitrogens with zero attached hydrogens (tertiary/aromatic N) is 1. The minimum Gasteiger partial charge on any atom is -0.211 e. The Kier molecular flexibility index (Phi) is 5.80. The number of hydrogen-bond donors (Lipinski definition) is 0. The molecule has 0 amide bonds. The Labute approximate surface area is 110 Å². The molecule has 0 saturated heterocycles. The van der Waals surface area contributed by atoms with Crippen molar-refractivity contribution in [2.45, 2.75) is 40.0 Å². The summed E-state index contributed by atoms with van der Waals surface area (Å²) < 4.78 is 0. The van der Waals surface area contributed by atoms with Gasteiger partial charge in [-0.3, -0.25) is 0 Å². The van der Waals surface area contributed by atoms with Crippen molar-refractivity contribution in [3.63, 3.8) is 0 Å². The van der Waals surface area contributed by atoms with Gasteiger partial charge < -0.3 is 0 Å². The van der Waals surface area contributed by atoms with E-state index < -0.39 is 0 Å². The molecule has 0 aliphatic heterocycles. The van der Waals surface area contributed by atoms with E-state index in [2.05, 4.69) is 57.0 Å². The first-order chi connectivity index (χ1) is 8.54. The van der Waals surface area contributed by atoms with E-state index in [1.54, 1.807) is 6.08 Å². The highest BCUT2D eigenvalue weighted by Crippen LogP contribution is 2.25. The van der Waals surface area contributed by atoms with E-state index in [1.165, 1.54) is 11.1 Å². The Balaban J connectivity index is 2.83. The molecule has 2 nitrogen and oxygen atoms in total. The number of carbonyl (C=O) groups excluding carboxylic acids is 1. The molecule has 1 rings (SSSR count). The predicted octanol–water partition coefficient (Wildman–Crippen LogP) is 3.96. The minimum atomic E-state index is 0.305. The topological polar surface area (TPSA) is 29.4 Å². The summed E-state index contributed by atoms with van der Waals surface area (Å²) in [6, 6.07) is 8.72. The first-order valence-electron chi connectivity index (χ1n) is 6.67. The number of rotatable bonds is 6. The average molecular weight is 245 g/mol. The van der Waals surface area contributed by atoms with Crippen molar-refractivity contribution in [3.8, 4) is 0 Å². The van der Waals surface area contributed by atoms with Gasteiger partial charge in [0.1, 0.15) is 0 Å². The molecule has 2 heteroatoms. The van der Waals surface area contributed by atoms with Crippen molar-refractivity contribution >= 4 is 6.08 Å². The van der Waals surface area contributed by atoms with Gasteiger partial charge in [0.15, 0.2) is 0 Å². The molecule has 0 saturated carbocycles. The van der Waals surface area contributed by atoms with Gasteiger partial charge in [-0.15, -0.1) is 0 Å². The predicted molar refractivity (Wildman–Crippen MR) is 75.6 cm³/mol. The highest BCUT2D eigenvalue weighted by atomic mass is 16.1. The van der Waals surface area contributed by atoms with E-state index in [4.69, 9.17) is 0 Å². The second-order valence-electron chi connectivity index (χ2n) is 5.62. The van der Waals surface area contributed by atoms with E-state index in [9.17, 15) is 4.79 Å². The van der Waals surface area contributed by atoms with Crippen molar-refractivity contribution in [3.05, 3.63) is 35.4 Å². The lowest BCUT2D eigenvalue weighted by Gasteiger charge is -2.19. The van der Waals surface area contributed by atoms with Crippen LogP contribution in [-0.2, 0) is 11.2 Å². The van der Waals surface area contributed by atoms with Crippen LogP contribution in [-0.4, -0.2) is 12.6 Å². The smallest absolute Gasteiger partial charge is 0.211 e. The van der Waals surface area contributed by atoms with Crippen molar-refractivity contribution in [2.75, 3.05) is 6.54 Å². The summed E-state index contributed by atoms with van der Waals surface area (Å²) in [5.74, 6) is 1.45. The first kappa shape index (κ1) is 14.7. The normalized spacial score (nSPS) is 12.6. The highest BCUT2D eigenvalue weighted by molar-refractivity contribution is 5.34. The molecule has 0 aliphatic rings. The van der Waals surface area contributed by atoms with Crippen LogP contribution in [0, 0.1) is 11.8 Å². The third-order valence-electron chi connectivity index (χ3n) is 3.21. The second kappa shape index (κ2) is 7.13. The molecule has 0 heterocycles. The molecule has 98 valence electrons. The zero-order valence-electron chi connectivity index (χ0n) is 11.8. The lowest BCUT2D eigenvalue weighted by molar-refractivity contribution is 0.502. The van der Waals surface area contributed by atoms with Crippen LogP contribution in [0.25, 0.3) is 0 Å². The molecule has 18 heavy (non-hydrogen) atoms. The standard InChI is InChI=1S/C16H23NO/c1-12(2)9-14-5-7-15(8-6-14)16(13(3)4)10-17-11-18/h5-8,12-13,16H,9-10H2,1-4H3. The van der Waals surface area contributed by atoms with Gasteiger partial charge in [-0.1, -0.05) is 52.0 Å². The highest BCUT2D eigenvalue weighted by Gasteiger charge is 2.15. The lowest BCUT2D eigenvalue weighted by Crippen LogP contribution is -2.10. The zero-order chi connectivity index (χ0) is 13.5. The van der Waals surface area contributed by atoms with Crippen LogP contribution in [0.4, 0.5) is 0 Å². The van der Waals surface area contributed by atoms with Gasteiger partial charge in [0.25, 0.3) is 0 Å². The van der Waals surface area contributed by atoms with Gasteiger partial charge in [-0.2, -0.15) is 0 Å². The van der Waals surface area contributed by atoms with E-state index >= 15 is 0 Å². The van der Waals surface area contributed by atoms with Crippen LogP contribution in [0.2, 0.25) is 0 Å². The van der Waals surface area contributed by atoms with E-state index in [0.717, 1.165) is 6.42 Å². The van der Waals surface area contributed by atoms with Gasteiger partial charge in [-0.05, 0) is 29.4 Å². The summed E-state index contributed by atoms with van der Waals surface area (Å²) in [5, 5.41) is 0. The Morgan fingerprint density at radius 1 is 1.11 bits per heavy atom. The summed E-state index contributed by atoms with van der Waals surface area (Å²) >= 11 is 0. The molecule has 0 aliphatic carbocycles. The van der Waals surface area contributed by atoms with E-state index in [1.807, 2.05) is 0 Å². The fraction of sp³-hybridized carbons (Fsp3) is 0.562. The Bertz CT molecular complexity index is 400. The molecule has 0 radical (unpaired) electrons. The van der Waals surface area contributed by atoms with Gasteiger partial charge in [0, 0.05) is 5.92 Å². The lowest BCUT2D eigenvalue weighted by atomic mass is 9.87. The van der Waals surface area contributed by atoms with Crippen LogP contribution in [0.5, 0.6) is 0 Å². The van der Waals surface area contributed by atoms with Crippen LogP contribution in [0.15, 0.2) is 29.3 Å². The number of aliphatic imine (C=N–C) groups is 1. The Morgan fingerprint density at radius 3 is 2.17 bits per heavy atom. The summed E-state index contributed by atoms with van der Waals surface area (Å²) in [6.45, 7) is 9.30. The van der Waals surface area contributed by atoms with Crippen molar-refractivity contribution in [1.82, 2.24) is 0 Å². The molecular formula is C16H23NO. The van der Waals surface area contributed by atoms with E-state index in [0.29, 0.717) is 24.3 Å². The summed E-state index contributed by atoms with van der Waals surface area (Å²) in [4.78, 5) is 14.0. The van der Waals surface area contributed by atoms with Gasteiger partial charge >= 0.3 is 0 Å². The number of hydrogen-bond acceptors (Lipinski definition) is 2. The molecule has 1 aromatic carbocycles. The van der Waals surface area contributed by atoms with Crippen LogP contribution in [0.1, 0.15) is 44.7 Å². The Hall–Kier alpha value is -1.40.